The van der Waals surface area contributed by atoms with Crippen molar-refractivity contribution in [2.45, 2.75) is 19.0 Å². The zero-order chi connectivity index (χ0) is 20.1. The van der Waals surface area contributed by atoms with Gasteiger partial charge in [-0.05, 0) is 23.3 Å². The normalized spacial score (nSPS) is 15.4. The Hall–Kier alpha value is -3.35. The number of anilines is 1. The number of amides is 1. The fraction of sp³-hybridized carbons (Fsp3) is 0.286. The van der Waals surface area contributed by atoms with E-state index in [9.17, 15) is 14.4 Å². The molecule has 146 valence electrons. The molecule has 1 heterocycles. The van der Waals surface area contributed by atoms with Crippen molar-refractivity contribution in [1.29, 1.82) is 0 Å². The smallest absolute Gasteiger partial charge is 0.340 e. The summed E-state index contributed by atoms with van der Waals surface area (Å²) in [5.41, 5.74) is 2.91. The van der Waals surface area contributed by atoms with Gasteiger partial charge in [-0.2, -0.15) is 0 Å². The van der Waals surface area contributed by atoms with Crippen LogP contribution in [0.4, 0.5) is 5.69 Å². The summed E-state index contributed by atoms with van der Waals surface area (Å²) in [6, 6.07) is 13.8. The number of ether oxygens (including phenoxy) is 2. The molecule has 0 fully saturated rings. The van der Waals surface area contributed by atoms with Crippen LogP contribution in [0, 0.1) is 0 Å². The first kappa shape index (κ1) is 19.4. The molecule has 2 aromatic carbocycles. The number of fused-ring (bicyclic) bond motifs is 1. The van der Waals surface area contributed by atoms with Crippen molar-refractivity contribution in [3.63, 3.8) is 0 Å². The van der Waals surface area contributed by atoms with Crippen molar-refractivity contribution < 1.29 is 23.9 Å². The summed E-state index contributed by atoms with van der Waals surface area (Å²) in [5.74, 6) is -1.54. The van der Waals surface area contributed by atoms with Crippen LogP contribution in [0.2, 0.25) is 0 Å². The Morgan fingerprint density at radius 2 is 1.75 bits per heavy atom. The van der Waals surface area contributed by atoms with E-state index < -0.39 is 30.5 Å². The number of methoxy groups -OCH3 is 1. The van der Waals surface area contributed by atoms with Crippen molar-refractivity contribution in [3.05, 3.63) is 65.2 Å². The second-order valence-corrected chi connectivity index (χ2v) is 6.41. The van der Waals surface area contributed by atoms with Crippen LogP contribution in [0.1, 0.15) is 21.5 Å². The first-order valence-electron chi connectivity index (χ1n) is 8.93. The first-order chi connectivity index (χ1) is 13.5. The molecular formula is C21H22N2O5. The number of hydrogen-bond acceptors (Lipinski definition) is 6. The van der Waals surface area contributed by atoms with E-state index in [1.165, 1.54) is 12.0 Å². The second kappa shape index (κ2) is 8.56. The molecule has 1 aliphatic heterocycles. The number of nitrogens with one attached hydrogen (secondary N) is 1. The summed E-state index contributed by atoms with van der Waals surface area (Å²) in [5, 5.41) is 2.91. The molecule has 7 nitrogen and oxygen atoms in total. The van der Waals surface area contributed by atoms with Gasteiger partial charge in [0.25, 0.3) is 5.91 Å². The summed E-state index contributed by atoms with van der Waals surface area (Å²) >= 11 is 0. The Morgan fingerprint density at radius 1 is 1.07 bits per heavy atom. The molecule has 0 radical (unpaired) electrons. The molecule has 3 rings (SSSR count). The molecule has 1 atom stereocenters. The standard InChI is InChI=1S/C21H22N2O5/c1-22-17-10-6-5-9-16(17)20(25)28-13-19(24)23-12-15-8-4-3-7-14(15)11-18(23)21(26)27-2/h3-10,18,22H,11-13H2,1-2H3/t18-/m0/s1. The average Bonchev–Trinajstić information content (AvgIpc) is 2.75. The van der Waals surface area contributed by atoms with E-state index in [1.54, 1.807) is 31.3 Å². The summed E-state index contributed by atoms with van der Waals surface area (Å²) in [7, 11) is 2.99. The Bertz CT molecular complexity index is 896. The van der Waals surface area contributed by atoms with Crippen LogP contribution in [-0.2, 0) is 32.0 Å². The van der Waals surface area contributed by atoms with E-state index in [0.717, 1.165) is 11.1 Å². The maximum Gasteiger partial charge on any atom is 0.340 e. The van der Waals surface area contributed by atoms with Gasteiger partial charge >= 0.3 is 11.9 Å². The Labute approximate surface area is 163 Å². The van der Waals surface area contributed by atoms with E-state index >= 15 is 0 Å². The summed E-state index contributed by atoms with van der Waals surface area (Å²) in [4.78, 5) is 38.7. The van der Waals surface area contributed by atoms with E-state index in [1.807, 2.05) is 24.3 Å². The third-order valence-corrected chi connectivity index (χ3v) is 4.79. The molecule has 0 spiro atoms. The number of esters is 2. The number of hydrogen-bond donors (Lipinski definition) is 1. The van der Waals surface area contributed by atoms with Gasteiger partial charge in [-0.15, -0.1) is 0 Å². The Balaban J connectivity index is 1.73. The first-order valence-corrected chi connectivity index (χ1v) is 8.93. The molecule has 0 aliphatic carbocycles. The molecule has 1 amide bonds. The molecule has 2 aromatic rings. The number of carbonyl (C=O) groups excluding carboxylic acids is 3. The number of carbonyl (C=O) groups is 3. The fourth-order valence-corrected chi connectivity index (χ4v) is 3.30. The number of para-hydroxylation sites is 1. The SMILES string of the molecule is CNc1ccccc1C(=O)OCC(=O)N1Cc2ccccc2C[C@H]1C(=O)OC. The van der Waals surface area contributed by atoms with E-state index in [-0.39, 0.29) is 6.54 Å². The minimum Gasteiger partial charge on any atom is -0.467 e. The number of benzene rings is 2. The highest BCUT2D eigenvalue weighted by molar-refractivity contribution is 5.97. The molecule has 0 saturated carbocycles. The third kappa shape index (κ3) is 3.98. The van der Waals surface area contributed by atoms with Crippen LogP contribution in [0.3, 0.4) is 0 Å². The predicted octanol–water partition coefficient (Wildman–Crippen LogP) is 2.01. The van der Waals surface area contributed by atoms with Gasteiger partial charge in [-0.1, -0.05) is 36.4 Å². The summed E-state index contributed by atoms with van der Waals surface area (Å²) < 4.78 is 10.1. The van der Waals surface area contributed by atoms with Gasteiger partial charge in [0.15, 0.2) is 6.61 Å². The highest BCUT2D eigenvalue weighted by atomic mass is 16.5. The van der Waals surface area contributed by atoms with Gasteiger partial charge < -0.3 is 19.7 Å². The summed E-state index contributed by atoms with van der Waals surface area (Å²) in [6.07, 6.45) is 0.366. The molecule has 7 heteroatoms. The van der Waals surface area contributed by atoms with Crippen molar-refractivity contribution in [1.82, 2.24) is 4.90 Å². The van der Waals surface area contributed by atoms with Gasteiger partial charge in [-0.3, -0.25) is 4.79 Å². The minimum atomic E-state index is -0.740. The third-order valence-electron chi connectivity index (χ3n) is 4.79. The fourth-order valence-electron chi connectivity index (χ4n) is 3.30. The van der Waals surface area contributed by atoms with Gasteiger partial charge in [0.05, 0.1) is 12.7 Å². The number of rotatable bonds is 5. The molecule has 0 bridgehead atoms. The van der Waals surface area contributed by atoms with Gasteiger partial charge in [0.1, 0.15) is 6.04 Å². The lowest BCUT2D eigenvalue weighted by molar-refractivity contribution is -0.155. The Kier molecular flexibility index (Phi) is 5.93. The summed E-state index contributed by atoms with van der Waals surface area (Å²) in [6.45, 7) is -0.189. The lowest BCUT2D eigenvalue weighted by atomic mass is 9.94. The lowest BCUT2D eigenvalue weighted by Crippen LogP contribution is -2.50. The van der Waals surface area contributed by atoms with Crippen LogP contribution in [-0.4, -0.2) is 49.6 Å². The molecule has 1 N–H and O–H groups in total. The molecule has 0 aromatic heterocycles. The molecule has 1 aliphatic rings. The highest BCUT2D eigenvalue weighted by Crippen LogP contribution is 2.24. The van der Waals surface area contributed by atoms with Crippen LogP contribution in [0.5, 0.6) is 0 Å². The minimum absolute atomic E-state index is 0.263. The van der Waals surface area contributed by atoms with Crippen LogP contribution < -0.4 is 5.32 Å². The van der Waals surface area contributed by atoms with Gasteiger partial charge in [0.2, 0.25) is 0 Å². The Morgan fingerprint density at radius 3 is 2.46 bits per heavy atom. The molecular weight excluding hydrogens is 360 g/mol. The largest absolute Gasteiger partial charge is 0.467 e. The monoisotopic (exact) mass is 382 g/mol. The average molecular weight is 382 g/mol. The van der Waals surface area contributed by atoms with Crippen molar-refractivity contribution in [3.8, 4) is 0 Å². The van der Waals surface area contributed by atoms with Gasteiger partial charge in [-0.25, -0.2) is 9.59 Å². The molecule has 0 unspecified atom stereocenters. The zero-order valence-corrected chi connectivity index (χ0v) is 15.8. The van der Waals surface area contributed by atoms with E-state index in [4.69, 9.17) is 9.47 Å². The van der Waals surface area contributed by atoms with Crippen molar-refractivity contribution in [2.75, 3.05) is 26.1 Å². The van der Waals surface area contributed by atoms with Crippen LogP contribution in [0.25, 0.3) is 0 Å². The van der Waals surface area contributed by atoms with Crippen LogP contribution >= 0.6 is 0 Å². The van der Waals surface area contributed by atoms with Crippen molar-refractivity contribution >= 4 is 23.5 Å². The van der Waals surface area contributed by atoms with Crippen LogP contribution in [0.15, 0.2) is 48.5 Å². The predicted molar refractivity (Wildman–Crippen MR) is 103 cm³/mol. The van der Waals surface area contributed by atoms with E-state index in [0.29, 0.717) is 17.7 Å². The maximum atomic E-state index is 12.8. The topological polar surface area (TPSA) is 84.9 Å². The van der Waals surface area contributed by atoms with Gasteiger partial charge in [0, 0.05) is 25.7 Å². The van der Waals surface area contributed by atoms with E-state index in [2.05, 4.69) is 5.32 Å². The second-order valence-electron chi connectivity index (χ2n) is 6.41. The van der Waals surface area contributed by atoms with Crippen molar-refractivity contribution in [2.24, 2.45) is 0 Å². The molecule has 0 saturated heterocycles. The quantitative estimate of drug-likeness (QED) is 0.797. The number of nitrogens with zero attached hydrogens (tertiary/aromatic N) is 1. The molecule has 28 heavy (non-hydrogen) atoms. The lowest BCUT2D eigenvalue weighted by Gasteiger charge is -2.35. The maximum absolute atomic E-state index is 12.8. The zero-order valence-electron chi connectivity index (χ0n) is 15.8. The highest BCUT2D eigenvalue weighted by Gasteiger charge is 2.35.